The molecule has 3 aromatic heterocycles. The summed E-state index contributed by atoms with van der Waals surface area (Å²) in [6, 6.07) is 9.53. The van der Waals surface area contributed by atoms with Crippen LogP contribution >= 0.6 is 0 Å². The van der Waals surface area contributed by atoms with Gasteiger partial charge in [-0.1, -0.05) is 6.07 Å². The van der Waals surface area contributed by atoms with Gasteiger partial charge in [-0.05, 0) is 24.3 Å². The summed E-state index contributed by atoms with van der Waals surface area (Å²) in [7, 11) is 0. The number of aromatic amines is 1. The summed E-state index contributed by atoms with van der Waals surface area (Å²) in [5.41, 5.74) is 1.90. The number of nitrogens with one attached hydrogen (secondary N) is 1. The number of hydrogen-bond acceptors (Lipinski definition) is 3. The van der Waals surface area contributed by atoms with Gasteiger partial charge < -0.3 is 0 Å². The van der Waals surface area contributed by atoms with Crippen LogP contribution in [0.3, 0.4) is 0 Å². The fourth-order valence-electron chi connectivity index (χ4n) is 1.09. The molecule has 0 saturated carbocycles. The molecule has 0 aromatic carbocycles. The number of fused-ring (bicyclic) bond motifs is 1. The molecule has 0 fully saturated rings. The van der Waals surface area contributed by atoms with E-state index in [1.54, 1.807) is 24.8 Å². The first-order valence-corrected chi connectivity index (χ1v) is 4.56. The van der Waals surface area contributed by atoms with E-state index < -0.39 is 0 Å². The molecule has 74 valence electrons. The lowest BCUT2D eigenvalue weighted by molar-refractivity contribution is 1.12. The normalized spacial score (nSPS) is 9.33. The standard InChI is InChI=1S/C6H5N3.C5H5N/c1-2-5-6(7-3-1)4-8-9-5;1-2-4-6-5-3-1/h1-4H,(H,8,9);1-5H. The van der Waals surface area contributed by atoms with Gasteiger partial charge in [-0.3, -0.25) is 15.1 Å². The third kappa shape index (κ3) is 2.60. The van der Waals surface area contributed by atoms with E-state index >= 15 is 0 Å². The summed E-state index contributed by atoms with van der Waals surface area (Å²) < 4.78 is 0. The van der Waals surface area contributed by atoms with E-state index in [4.69, 9.17) is 0 Å². The van der Waals surface area contributed by atoms with Crippen LogP contribution in [-0.2, 0) is 0 Å². The highest BCUT2D eigenvalue weighted by molar-refractivity contribution is 5.72. The van der Waals surface area contributed by atoms with Gasteiger partial charge in [0.1, 0.15) is 5.52 Å². The number of pyridine rings is 2. The van der Waals surface area contributed by atoms with E-state index in [-0.39, 0.29) is 0 Å². The van der Waals surface area contributed by atoms with Crippen LogP contribution in [0.15, 0.2) is 55.1 Å². The predicted octanol–water partition coefficient (Wildman–Crippen LogP) is 2.04. The summed E-state index contributed by atoms with van der Waals surface area (Å²) in [6.45, 7) is 0. The van der Waals surface area contributed by atoms with Gasteiger partial charge in [0.2, 0.25) is 0 Å². The highest BCUT2D eigenvalue weighted by Crippen LogP contribution is 2.02. The Morgan fingerprint density at radius 2 is 1.80 bits per heavy atom. The lowest BCUT2D eigenvalue weighted by Gasteiger charge is -1.80. The second kappa shape index (κ2) is 4.85. The molecule has 0 spiro atoms. The first-order valence-electron chi connectivity index (χ1n) is 4.56. The molecular weight excluding hydrogens is 188 g/mol. The second-order valence-corrected chi connectivity index (χ2v) is 2.83. The summed E-state index contributed by atoms with van der Waals surface area (Å²) in [4.78, 5) is 7.83. The zero-order chi connectivity index (χ0) is 10.3. The Morgan fingerprint density at radius 3 is 2.40 bits per heavy atom. The zero-order valence-electron chi connectivity index (χ0n) is 8.04. The van der Waals surface area contributed by atoms with Crippen molar-refractivity contribution >= 4 is 11.0 Å². The van der Waals surface area contributed by atoms with Gasteiger partial charge in [-0.15, -0.1) is 0 Å². The fourth-order valence-corrected chi connectivity index (χ4v) is 1.09. The Kier molecular flexibility index (Phi) is 3.02. The van der Waals surface area contributed by atoms with Crippen molar-refractivity contribution in [1.82, 2.24) is 20.2 Å². The Bertz CT molecular complexity index is 447. The largest absolute Gasteiger partial charge is 0.276 e. The van der Waals surface area contributed by atoms with Gasteiger partial charge in [-0.2, -0.15) is 5.10 Å². The molecule has 15 heavy (non-hydrogen) atoms. The Balaban J connectivity index is 0.000000124. The Labute approximate surface area is 87.0 Å². The van der Waals surface area contributed by atoms with Crippen molar-refractivity contribution in [3.05, 3.63) is 55.1 Å². The topological polar surface area (TPSA) is 54.5 Å². The van der Waals surface area contributed by atoms with Crippen LogP contribution in [0.1, 0.15) is 0 Å². The highest BCUT2D eigenvalue weighted by Gasteiger charge is 1.89. The van der Waals surface area contributed by atoms with Gasteiger partial charge in [0.05, 0.1) is 11.7 Å². The molecule has 0 aliphatic heterocycles. The molecule has 3 heterocycles. The zero-order valence-corrected chi connectivity index (χ0v) is 8.04. The summed E-state index contributed by atoms with van der Waals surface area (Å²) in [6.07, 6.45) is 6.95. The third-order valence-corrected chi connectivity index (χ3v) is 1.78. The van der Waals surface area contributed by atoms with Gasteiger partial charge in [0, 0.05) is 18.6 Å². The van der Waals surface area contributed by atoms with Crippen LogP contribution in [0, 0.1) is 0 Å². The summed E-state index contributed by atoms with van der Waals surface area (Å²) in [5.74, 6) is 0. The minimum absolute atomic E-state index is 0.914. The fraction of sp³-hybridized carbons (Fsp3) is 0. The molecule has 0 atom stereocenters. The van der Waals surface area contributed by atoms with E-state index in [1.165, 1.54) is 0 Å². The van der Waals surface area contributed by atoms with Crippen molar-refractivity contribution in [2.75, 3.05) is 0 Å². The van der Waals surface area contributed by atoms with E-state index in [9.17, 15) is 0 Å². The molecule has 4 heteroatoms. The summed E-state index contributed by atoms with van der Waals surface area (Å²) in [5, 5.41) is 6.62. The van der Waals surface area contributed by atoms with Crippen molar-refractivity contribution in [2.24, 2.45) is 0 Å². The maximum Gasteiger partial charge on any atom is 0.108 e. The maximum absolute atomic E-state index is 4.05. The molecule has 1 N–H and O–H groups in total. The van der Waals surface area contributed by atoms with Crippen molar-refractivity contribution in [1.29, 1.82) is 0 Å². The monoisotopic (exact) mass is 198 g/mol. The molecule has 0 bridgehead atoms. The average molecular weight is 198 g/mol. The minimum Gasteiger partial charge on any atom is -0.276 e. The van der Waals surface area contributed by atoms with Gasteiger partial charge in [0.25, 0.3) is 0 Å². The minimum atomic E-state index is 0.914. The molecule has 0 radical (unpaired) electrons. The van der Waals surface area contributed by atoms with Crippen molar-refractivity contribution in [3.63, 3.8) is 0 Å². The van der Waals surface area contributed by atoms with Crippen LogP contribution in [0.4, 0.5) is 0 Å². The molecule has 0 unspecified atom stereocenters. The second-order valence-electron chi connectivity index (χ2n) is 2.83. The third-order valence-electron chi connectivity index (χ3n) is 1.78. The molecule has 3 aromatic rings. The van der Waals surface area contributed by atoms with Gasteiger partial charge >= 0.3 is 0 Å². The highest BCUT2D eigenvalue weighted by atomic mass is 15.1. The van der Waals surface area contributed by atoms with Gasteiger partial charge in [-0.25, -0.2) is 0 Å². The van der Waals surface area contributed by atoms with Crippen molar-refractivity contribution in [2.45, 2.75) is 0 Å². The van der Waals surface area contributed by atoms with E-state index in [1.807, 2.05) is 30.3 Å². The lowest BCUT2D eigenvalue weighted by atomic mass is 10.4. The van der Waals surface area contributed by atoms with Crippen LogP contribution < -0.4 is 0 Å². The Morgan fingerprint density at radius 1 is 0.933 bits per heavy atom. The molecule has 3 rings (SSSR count). The first kappa shape index (κ1) is 9.33. The molecule has 0 amide bonds. The molecule has 0 aliphatic carbocycles. The summed E-state index contributed by atoms with van der Waals surface area (Å²) >= 11 is 0. The van der Waals surface area contributed by atoms with E-state index in [2.05, 4.69) is 20.2 Å². The predicted molar refractivity (Wildman–Crippen MR) is 58.1 cm³/mol. The van der Waals surface area contributed by atoms with E-state index in [0.29, 0.717) is 0 Å². The number of hydrogen-bond donors (Lipinski definition) is 1. The molecule has 0 aliphatic rings. The first-order chi connectivity index (χ1) is 7.47. The van der Waals surface area contributed by atoms with Crippen LogP contribution in [0.25, 0.3) is 11.0 Å². The van der Waals surface area contributed by atoms with Crippen LogP contribution in [0.5, 0.6) is 0 Å². The quantitative estimate of drug-likeness (QED) is 0.601. The number of aromatic nitrogens is 4. The number of nitrogens with zero attached hydrogens (tertiary/aromatic N) is 3. The van der Waals surface area contributed by atoms with E-state index in [0.717, 1.165) is 11.0 Å². The van der Waals surface area contributed by atoms with Crippen molar-refractivity contribution in [3.8, 4) is 0 Å². The molecular formula is C11H10N4. The molecule has 4 nitrogen and oxygen atoms in total. The average Bonchev–Trinajstić information content (AvgIpc) is 2.80. The van der Waals surface area contributed by atoms with Gasteiger partial charge in [0.15, 0.2) is 0 Å². The van der Waals surface area contributed by atoms with Crippen LogP contribution in [0.2, 0.25) is 0 Å². The maximum atomic E-state index is 4.05. The van der Waals surface area contributed by atoms with Crippen LogP contribution in [-0.4, -0.2) is 20.2 Å². The lowest BCUT2D eigenvalue weighted by Crippen LogP contribution is -1.69. The SMILES string of the molecule is c1ccncc1.c1cnc2cn[nH]c2c1. The number of H-pyrrole nitrogens is 1. The van der Waals surface area contributed by atoms with Crippen molar-refractivity contribution < 1.29 is 0 Å². The number of rotatable bonds is 0. The smallest absolute Gasteiger partial charge is 0.108 e. The molecule has 0 saturated heterocycles. The Hall–Kier alpha value is -2.23.